The molecular formula is C15H26N2O5Si. The molecule has 1 N–H and O–H groups in total. The van der Waals surface area contributed by atoms with Crippen molar-refractivity contribution in [3.05, 3.63) is 24.4 Å². The van der Waals surface area contributed by atoms with Crippen molar-refractivity contribution in [1.82, 2.24) is 10.3 Å². The Bertz CT molecular complexity index is 430. The molecule has 0 radical (unpaired) electrons. The van der Waals surface area contributed by atoms with Gasteiger partial charge in [0.05, 0.1) is 0 Å². The molecule has 0 spiro atoms. The van der Waals surface area contributed by atoms with E-state index < -0.39 is 14.9 Å². The van der Waals surface area contributed by atoms with Gasteiger partial charge in [0.25, 0.3) is 0 Å². The second kappa shape index (κ2) is 11.1. The van der Waals surface area contributed by atoms with Crippen LogP contribution >= 0.6 is 0 Å². The molecule has 130 valence electrons. The van der Waals surface area contributed by atoms with Crippen molar-refractivity contribution in [1.29, 1.82) is 0 Å². The number of carbonyl (C=O) groups excluding carboxylic acids is 1. The Balaban J connectivity index is 2.36. The molecular weight excluding hydrogens is 316 g/mol. The van der Waals surface area contributed by atoms with E-state index in [1.165, 1.54) is 0 Å². The number of hydrogen-bond donors (Lipinski definition) is 1. The minimum absolute atomic E-state index is 0.270. The lowest BCUT2D eigenvalue weighted by atomic mass is 10.5. The zero-order valence-electron chi connectivity index (χ0n) is 14.0. The number of nitrogens with one attached hydrogen (secondary N) is 1. The van der Waals surface area contributed by atoms with E-state index >= 15 is 0 Å². The SMILES string of the molecule is CCO[Si](CCCNC(=O)Oc1ccccn1)(OCC)OCC. The Hall–Kier alpha value is -1.48. The van der Waals surface area contributed by atoms with Crippen molar-refractivity contribution in [2.45, 2.75) is 33.2 Å². The minimum atomic E-state index is -2.65. The average molecular weight is 342 g/mol. The van der Waals surface area contributed by atoms with E-state index in [1.807, 2.05) is 20.8 Å². The molecule has 0 unspecified atom stereocenters. The number of ether oxygens (including phenoxy) is 1. The first-order chi connectivity index (χ1) is 11.2. The van der Waals surface area contributed by atoms with Crippen LogP contribution in [-0.4, -0.2) is 46.2 Å². The van der Waals surface area contributed by atoms with E-state index in [0.29, 0.717) is 38.8 Å². The summed E-state index contributed by atoms with van der Waals surface area (Å²) in [5, 5.41) is 2.68. The zero-order valence-corrected chi connectivity index (χ0v) is 15.0. The summed E-state index contributed by atoms with van der Waals surface area (Å²) in [4.78, 5) is 15.6. The van der Waals surface area contributed by atoms with Crippen LogP contribution in [0.2, 0.25) is 6.04 Å². The highest BCUT2D eigenvalue weighted by Gasteiger charge is 2.39. The molecule has 0 saturated carbocycles. The molecule has 0 aliphatic carbocycles. The van der Waals surface area contributed by atoms with Crippen LogP contribution in [0.3, 0.4) is 0 Å². The molecule has 0 bridgehead atoms. The number of amides is 1. The van der Waals surface area contributed by atoms with E-state index in [-0.39, 0.29) is 5.88 Å². The third-order valence-corrected chi connectivity index (χ3v) is 6.01. The molecule has 1 amide bonds. The van der Waals surface area contributed by atoms with Crippen LogP contribution in [-0.2, 0) is 13.3 Å². The Morgan fingerprint density at radius 1 is 1.13 bits per heavy atom. The lowest BCUT2D eigenvalue weighted by Crippen LogP contribution is -2.46. The lowest BCUT2D eigenvalue weighted by molar-refractivity contribution is 0.0708. The van der Waals surface area contributed by atoms with E-state index in [0.717, 1.165) is 0 Å². The molecule has 23 heavy (non-hydrogen) atoms. The Labute approximate surface area is 138 Å². The highest BCUT2D eigenvalue weighted by molar-refractivity contribution is 6.60. The third-order valence-electron chi connectivity index (χ3n) is 2.86. The van der Waals surface area contributed by atoms with E-state index in [1.54, 1.807) is 24.4 Å². The molecule has 7 nitrogen and oxygen atoms in total. The van der Waals surface area contributed by atoms with Crippen molar-refractivity contribution in [3.63, 3.8) is 0 Å². The fourth-order valence-electron chi connectivity index (χ4n) is 2.04. The van der Waals surface area contributed by atoms with Gasteiger partial charge in [-0.25, -0.2) is 9.78 Å². The fraction of sp³-hybridized carbons (Fsp3) is 0.600. The molecule has 0 atom stereocenters. The standard InChI is InChI=1S/C15H26N2O5Si/c1-4-19-23(20-5-2,21-6-3)13-9-12-17-15(18)22-14-10-7-8-11-16-14/h7-8,10-11H,4-6,9,12-13H2,1-3H3,(H,17,18). The van der Waals surface area contributed by atoms with Gasteiger partial charge in [0.1, 0.15) is 0 Å². The van der Waals surface area contributed by atoms with E-state index in [2.05, 4.69) is 10.3 Å². The summed E-state index contributed by atoms with van der Waals surface area (Å²) in [5.41, 5.74) is 0. The first-order valence-corrected chi connectivity index (χ1v) is 9.87. The Morgan fingerprint density at radius 2 is 1.78 bits per heavy atom. The number of hydrogen-bond acceptors (Lipinski definition) is 6. The summed E-state index contributed by atoms with van der Waals surface area (Å²) in [6.45, 7) is 7.84. The van der Waals surface area contributed by atoms with Gasteiger partial charge in [0.15, 0.2) is 0 Å². The van der Waals surface area contributed by atoms with Crippen LogP contribution in [0.4, 0.5) is 4.79 Å². The predicted molar refractivity (Wildman–Crippen MR) is 88.3 cm³/mol. The second-order valence-electron chi connectivity index (χ2n) is 4.57. The van der Waals surface area contributed by atoms with Crippen LogP contribution in [0.25, 0.3) is 0 Å². The normalized spacial score (nSPS) is 11.3. The first kappa shape index (κ1) is 19.6. The molecule has 0 aliphatic rings. The van der Waals surface area contributed by atoms with Crippen molar-refractivity contribution in [2.75, 3.05) is 26.4 Å². The van der Waals surface area contributed by atoms with Gasteiger partial charge in [-0.05, 0) is 33.3 Å². The van der Waals surface area contributed by atoms with Crippen LogP contribution in [0.15, 0.2) is 24.4 Å². The average Bonchev–Trinajstić information content (AvgIpc) is 2.53. The maximum atomic E-state index is 11.7. The summed E-state index contributed by atoms with van der Waals surface area (Å²) in [6, 6.07) is 5.77. The van der Waals surface area contributed by atoms with Gasteiger partial charge in [0, 0.05) is 44.7 Å². The Morgan fingerprint density at radius 3 is 2.30 bits per heavy atom. The highest BCUT2D eigenvalue weighted by Crippen LogP contribution is 2.17. The third kappa shape index (κ3) is 7.55. The summed E-state index contributed by atoms with van der Waals surface area (Å²) in [6.07, 6.45) is 1.72. The molecule has 8 heteroatoms. The first-order valence-electron chi connectivity index (χ1n) is 7.94. The fourth-order valence-corrected chi connectivity index (χ4v) is 4.65. The molecule has 0 aromatic carbocycles. The van der Waals surface area contributed by atoms with Gasteiger partial charge in [-0.1, -0.05) is 6.07 Å². The van der Waals surface area contributed by atoms with Gasteiger partial charge in [-0.15, -0.1) is 0 Å². The molecule has 0 fully saturated rings. The van der Waals surface area contributed by atoms with Gasteiger partial charge in [-0.2, -0.15) is 0 Å². The van der Waals surface area contributed by atoms with E-state index in [4.69, 9.17) is 18.0 Å². The quantitative estimate of drug-likeness (QED) is 0.492. The molecule has 1 aromatic rings. The zero-order chi connectivity index (χ0) is 17.0. The topological polar surface area (TPSA) is 78.9 Å². The molecule has 0 aliphatic heterocycles. The van der Waals surface area contributed by atoms with Crippen LogP contribution < -0.4 is 10.1 Å². The lowest BCUT2D eigenvalue weighted by Gasteiger charge is -2.28. The largest absolute Gasteiger partial charge is 0.500 e. The smallest absolute Gasteiger partial charge is 0.391 e. The number of rotatable bonds is 11. The summed E-state index contributed by atoms with van der Waals surface area (Å²) < 4.78 is 22.3. The van der Waals surface area contributed by atoms with Crippen molar-refractivity contribution in [2.24, 2.45) is 0 Å². The van der Waals surface area contributed by atoms with Gasteiger partial charge in [-0.3, -0.25) is 0 Å². The Kier molecular flexibility index (Phi) is 9.45. The number of pyridine rings is 1. The van der Waals surface area contributed by atoms with Gasteiger partial charge < -0.3 is 23.3 Å². The van der Waals surface area contributed by atoms with Crippen LogP contribution in [0.1, 0.15) is 27.2 Å². The van der Waals surface area contributed by atoms with Crippen LogP contribution in [0, 0.1) is 0 Å². The predicted octanol–water partition coefficient (Wildman–Crippen LogP) is 2.61. The highest BCUT2D eigenvalue weighted by atomic mass is 28.4. The van der Waals surface area contributed by atoms with Crippen molar-refractivity contribution >= 4 is 14.9 Å². The number of nitrogens with zero attached hydrogens (tertiary/aromatic N) is 1. The summed E-state index contributed by atoms with van der Waals surface area (Å²) in [7, 11) is -2.65. The molecule has 1 rings (SSSR count). The second-order valence-corrected chi connectivity index (χ2v) is 7.30. The number of carbonyl (C=O) groups is 1. The van der Waals surface area contributed by atoms with E-state index in [9.17, 15) is 4.79 Å². The maximum Gasteiger partial charge on any atom is 0.500 e. The summed E-state index contributed by atoms with van der Waals surface area (Å²) in [5.74, 6) is 0.270. The number of aromatic nitrogens is 1. The maximum absolute atomic E-state index is 11.7. The summed E-state index contributed by atoms with van der Waals surface area (Å²) >= 11 is 0. The molecule has 1 heterocycles. The monoisotopic (exact) mass is 342 g/mol. The molecule has 1 aromatic heterocycles. The minimum Gasteiger partial charge on any atom is -0.391 e. The van der Waals surface area contributed by atoms with Gasteiger partial charge >= 0.3 is 14.9 Å². The van der Waals surface area contributed by atoms with Crippen LogP contribution in [0.5, 0.6) is 5.88 Å². The van der Waals surface area contributed by atoms with Crippen molar-refractivity contribution < 1.29 is 22.8 Å². The molecule has 0 saturated heterocycles. The van der Waals surface area contributed by atoms with Gasteiger partial charge in [0.2, 0.25) is 5.88 Å². The van der Waals surface area contributed by atoms with Crippen molar-refractivity contribution in [3.8, 4) is 5.88 Å².